The number of halogens is 3. The number of morpholine rings is 1. The third kappa shape index (κ3) is 7.83. The summed E-state index contributed by atoms with van der Waals surface area (Å²) in [6, 6.07) is 4.44. The van der Waals surface area contributed by atoms with Crippen molar-refractivity contribution in [2.75, 3.05) is 52.5 Å². The number of alkyl halides is 3. The van der Waals surface area contributed by atoms with Crippen LogP contribution in [0.5, 0.6) is 0 Å². The van der Waals surface area contributed by atoms with E-state index in [2.05, 4.69) is 32.8 Å². The summed E-state index contributed by atoms with van der Waals surface area (Å²) in [6.07, 6.45) is -4.42. The highest BCUT2D eigenvalue weighted by Gasteiger charge is 2.30. The zero-order chi connectivity index (χ0) is 22.0. The molecule has 1 aliphatic rings. The molecular formula is C20H30F3N5O2. The largest absolute Gasteiger partial charge is 0.416 e. The molecular weight excluding hydrogens is 399 g/mol. The summed E-state index contributed by atoms with van der Waals surface area (Å²) in [6.45, 7) is 9.46. The van der Waals surface area contributed by atoms with E-state index in [0.29, 0.717) is 38.2 Å². The monoisotopic (exact) mass is 429 g/mol. The highest BCUT2D eigenvalue weighted by atomic mass is 19.4. The molecule has 7 nitrogen and oxygen atoms in total. The predicted molar refractivity (Wildman–Crippen MR) is 110 cm³/mol. The number of amides is 1. The van der Waals surface area contributed by atoms with Crippen LogP contribution in [-0.4, -0.2) is 75.3 Å². The smallest absolute Gasteiger partial charge is 0.379 e. The molecule has 1 aromatic rings. The van der Waals surface area contributed by atoms with E-state index in [-0.39, 0.29) is 5.56 Å². The number of carbonyl (C=O) groups excluding carboxylic acids is 1. The molecule has 168 valence electrons. The Morgan fingerprint density at radius 2 is 1.77 bits per heavy atom. The van der Waals surface area contributed by atoms with Crippen molar-refractivity contribution >= 4 is 11.9 Å². The lowest BCUT2D eigenvalue weighted by molar-refractivity contribution is -0.137. The number of nitrogens with zero attached hydrogens (tertiary/aromatic N) is 2. The molecule has 3 N–H and O–H groups in total. The normalized spacial score (nSPS) is 16.8. The van der Waals surface area contributed by atoms with Crippen LogP contribution in [0.2, 0.25) is 0 Å². The van der Waals surface area contributed by atoms with Crippen LogP contribution in [0.1, 0.15) is 29.8 Å². The van der Waals surface area contributed by atoms with Gasteiger partial charge in [0.15, 0.2) is 5.96 Å². The number of hydrogen-bond donors (Lipinski definition) is 3. The molecule has 1 aliphatic heterocycles. The Hall–Kier alpha value is -2.33. The predicted octanol–water partition coefficient (Wildman–Crippen LogP) is 1.71. The quantitative estimate of drug-likeness (QED) is 0.333. The minimum Gasteiger partial charge on any atom is -0.379 e. The lowest BCUT2D eigenvalue weighted by Crippen LogP contribution is -2.45. The Bertz CT molecular complexity index is 689. The summed E-state index contributed by atoms with van der Waals surface area (Å²) in [4.78, 5) is 19.0. The number of hydrogen-bond acceptors (Lipinski definition) is 4. The van der Waals surface area contributed by atoms with Gasteiger partial charge in [-0.05, 0) is 38.1 Å². The third-order valence-corrected chi connectivity index (χ3v) is 4.70. The fourth-order valence-electron chi connectivity index (χ4n) is 2.97. The number of guanidine groups is 1. The average Bonchev–Trinajstić information content (AvgIpc) is 2.74. The van der Waals surface area contributed by atoms with E-state index >= 15 is 0 Å². The van der Waals surface area contributed by atoms with Gasteiger partial charge in [-0.2, -0.15) is 13.2 Å². The molecule has 30 heavy (non-hydrogen) atoms. The molecule has 0 spiro atoms. The number of benzene rings is 1. The molecule has 1 amide bonds. The number of aliphatic imine (C=N–C) groups is 1. The molecule has 0 radical (unpaired) electrons. The van der Waals surface area contributed by atoms with Gasteiger partial charge in [-0.25, -0.2) is 0 Å². The lowest BCUT2D eigenvalue weighted by Gasteiger charge is -2.31. The summed E-state index contributed by atoms with van der Waals surface area (Å²) < 4.78 is 43.1. The van der Waals surface area contributed by atoms with Gasteiger partial charge in [0, 0.05) is 44.3 Å². The van der Waals surface area contributed by atoms with E-state index in [4.69, 9.17) is 4.74 Å². The summed E-state index contributed by atoms with van der Waals surface area (Å²) in [5.74, 6) is 0.231. The summed E-state index contributed by atoms with van der Waals surface area (Å²) >= 11 is 0. The Balaban J connectivity index is 1.76. The molecule has 1 unspecified atom stereocenters. The van der Waals surface area contributed by atoms with Crippen molar-refractivity contribution in [2.45, 2.75) is 26.1 Å². The van der Waals surface area contributed by atoms with Crippen LogP contribution < -0.4 is 16.0 Å². The maximum atomic E-state index is 12.6. The van der Waals surface area contributed by atoms with Crippen molar-refractivity contribution in [1.82, 2.24) is 20.9 Å². The Morgan fingerprint density at radius 1 is 1.13 bits per heavy atom. The minimum atomic E-state index is -4.42. The van der Waals surface area contributed by atoms with Crippen molar-refractivity contribution < 1.29 is 22.7 Å². The van der Waals surface area contributed by atoms with Crippen LogP contribution in [-0.2, 0) is 10.9 Å². The maximum Gasteiger partial charge on any atom is 0.416 e. The summed E-state index contributed by atoms with van der Waals surface area (Å²) in [5.41, 5.74) is -0.596. The second-order valence-corrected chi connectivity index (χ2v) is 6.97. The van der Waals surface area contributed by atoms with Gasteiger partial charge >= 0.3 is 6.18 Å². The van der Waals surface area contributed by atoms with Crippen molar-refractivity contribution in [3.8, 4) is 0 Å². The molecule has 0 aromatic heterocycles. The molecule has 1 saturated heterocycles. The van der Waals surface area contributed by atoms with Crippen LogP contribution in [0, 0.1) is 0 Å². The second kappa shape index (κ2) is 11.8. The van der Waals surface area contributed by atoms with Crippen LogP contribution in [0.25, 0.3) is 0 Å². The molecule has 0 aliphatic carbocycles. The van der Waals surface area contributed by atoms with Gasteiger partial charge < -0.3 is 20.7 Å². The number of rotatable bonds is 8. The van der Waals surface area contributed by atoms with E-state index in [0.717, 1.165) is 38.4 Å². The Morgan fingerprint density at radius 3 is 2.37 bits per heavy atom. The van der Waals surface area contributed by atoms with Crippen molar-refractivity contribution in [1.29, 1.82) is 0 Å². The molecule has 1 aromatic carbocycles. The second-order valence-electron chi connectivity index (χ2n) is 6.97. The molecule has 1 heterocycles. The van der Waals surface area contributed by atoms with Gasteiger partial charge in [-0.1, -0.05) is 0 Å². The van der Waals surface area contributed by atoms with E-state index in [9.17, 15) is 18.0 Å². The first kappa shape index (κ1) is 23.9. The van der Waals surface area contributed by atoms with Gasteiger partial charge in [0.25, 0.3) is 5.91 Å². The SMILES string of the molecule is CCNC(=NCC(C)N1CCOCC1)NCCNC(=O)c1ccc(C(F)(F)F)cc1. The number of nitrogens with one attached hydrogen (secondary N) is 3. The minimum absolute atomic E-state index is 0.183. The molecule has 1 fully saturated rings. The molecule has 10 heteroatoms. The van der Waals surface area contributed by atoms with Crippen LogP contribution in [0.3, 0.4) is 0 Å². The molecule has 0 saturated carbocycles. The number of carbonyl (C=O) groups is 1. The van der Waals surface area contributed by atoms with Crippen molar-refractivity contribution in [3.63, 3.8) is 0 Å². The molecule has 2 rings (SSSR count). The highest BCUT2D eigenvalue weighted by molar-refractivity contribution is 5.94. The third-order valence-electron chi connectivity index (χ3n) is 4.70. The van der Waals surface area contributed by atoms with Gasteiger partial charge in [0.2, 0.25) is 0 Å². The fraction of sp³-hybridized carbons (Fsp3) is 0.600. The van der Waals surface area contributed by atoms with Crippen LogP contribution in [0.15, 0.2) is 29.3 Å². The van der Waals surface area contributed by atoms with E-state index in [1.54, 1.807) is 0 Å². The molecule has 0 bridgehead atoms. The first-order valence-corrected chi connectivity index (χ1v) is 10.1. The standard InChI is InChI=1S/C20H30F3N5O2/c1-3-24-19(27-14-15(2)28-10-12-30-13-11-28)26-9-8-25-18(29)16-4-6-17(7-5-16)20(21,22)23/h4-7,15H,3,8-14H2,1-2H3,(H,25,29)(H2,24,26,27). The Labute approximate surface area is 175 Å². The van der Waals surface area contributed by atoms with Crippen molar-refractivity contribution in [2.24, 2.45) is 4.99 Å². The van der Waals surface area contributed by atoms with E-state index in [1.807, 2.05) is 6.92 Å². The highest BCUT2D eigenvalue weighted by Crippen LogP contribution is 2.29. The summed E-state index contributed by atoms with van der Waals surface area (Å²) in [7, 11) is 0. The lowest BCUT2D eigenvalue weighted by atomic mass is 10.1. The Kier molecular flexibility index (Phi) is 9.38. The zero-order valence-corrected chi connectivity index (χ0v) is 17.4. The van der Waals surface area contributed by atoms with Gasteiger partial charge in [0.1, 0.15) is 0 Å². The summed E-state index contributed by atoms with van der Waals surface area (Å²) in [5, 5.41) is 8.99. The van der Waals surface area contributed by atoms with Crippen molar-refractivity contribution in [3.05, 3.63) is 35.4 Å². The number of ether oxygens (including phenoxy) is 1. The maximum absolute atomic E-state index is 12.6. The fourth-order valence-corrected chi connectivity index (χ4v) is 2.97. The van der Waals surface area contributed by atoms with Gasteiger partial charge in [-0.3, -0.25) is 14.7 Å². The van der Waals surface area contributed by atoms with Crippen LogP contribution in [0.4, 0.5) is 13.2 Å². The van der Waals surface area contributed by atoms with Crippen LogP contribution >= 0.6 is 0 Å². The zero-order valence-electron chi connectivity index (χ0n) is 17.4. The first-order valence-electron chi connectivity index (χ1n) is 10.1. The van der Waals surface area contributed by atoms with Gasteiger partial charge in [-0.15, -0.1) is 0 Å². The first-order chi connectivity index (χ1) is 14.3. The molecule has 1 atom stereocenters. The van der Waals surface area contributed by atoms with E-state index in [1.165, 1.54) is 12.1 Å². The average molecular weight is 429 g/mol. The topological polar surface area (TPSA) is 78.0 Å². The van der Waals surface area contributed by atoms with E-state index < -0.39 is 17.6 Å². The van der Waals surface area contributed by atoms with Gasteiger partial charge in [0.05, 0.1) is 25.3 Å².